The normalized spacial score (nSPS) is 11.9. The Labute approximate surface area is 86.0 Å². The van der Waals surface area contributed by atoms with Crippen molar-refractivity contribution in [2.45, 2.75) is 6.92 Å². The lowest BCUT2D eigenvalue weighted by atomic mass is 10.6. The second kappa shape index (κ2) is 10.4. The fraction of sp³-hybridized carbons (Fsp3) is 0.375. The van der Waals surface area contributed by atoms with E-state index >= 15 is 0 Å². The minimum absolute atomic E-state index is 0.125. The van der Waals surface area contributed by atoms with Crippen molar-refractivity contribution in [3.8, 4) is 0 Å². The highest BCUT2D eigenvalue weighted by Gasteiger charge is 2.06. The molecule has 0 aromatic carbocycles. The van der Waals surface area contributed by atoms with E-state index in [1.807, 2.05) is 5.32 Å². The third kappa shape index (κ3) is 18.9. The van der Waals surface area contributed by atoms with Crippen molar-refractivity contribution in [3.05, 3.63) is 12.2 Å². The highest BCUT2D eigenvalue weighted by molar-refractivity contribution is 6.12. The predicted molar refractivity (Wildman–Crippen MR) is 49.8 cm³/mol. The summed E-state index contributed by atoms with van der Waals surface area (Å²) in [6.45, 7) is 0.833. The maximum atomic E-state index is 10.0. The van der Waals surface area contributed by atoms with E-state index < -0.39 is 5.97 Å². The summed E-state index contributed by atoms with van der Waals surface area (Å²) in [5.74, 6) is -1.49. The molecular formula is C8H13NO6. The highest BCUT2D eigenvalue weighted by Crippen LogP contribution is 1.82. The molecule has 2 amide bonds. The van der Waals surface area contributed by atoms with Crippen LogP contribution in [0.1, 0.15) is 6.92 Å². The Morgan fingerprint density at radius 1 is 1.20 bits per heavy atom. The van der Waals surface area contributed by atoms with Gasteiger partial charge in [-0.3, -0.25) is 19.7 Å². The zero-order valence-corrected chi connectivity index (χ0v) is 8.14. The lowest BCUT2D eigenvalue weighted by Crippen LogP contribution is -2.19. The Morgan fingerprint density at radius 2 is 1.47 bits per heavy atom. The summed E-state index contributed by atoms with van der Waals surface area (Å²) in [5.41, 5.74) is 0. The number of carboxylic acids is 1. The molecule has 0 aromatic heterocycles. The number of carbonyl (C=O) groups is 3. The predicted octanol–water partition coefficient (Wildman–Crippen LogP) is -1.74. The largest absolute Gasteiger partial charge is 0.481 e. The van der Waals surface area contributed by atoms with Crippen molar-refractivity contribution in [1.82, 2.24) is 5.32 Å². The summed E-state index contributed by atoms with van der Waals surface area (Å²) in [6.07, 6.45) is 2.39. The number of amides is 2. The van der Waals surface area contributed by atoms with E-state index in [0.717, 1.165) is 6.92 Å². The van der Waals surface area contributed by atoms with E-state index in [-0.39, 0.29) is 25.0 Å². The van der Waals surface area contributed by atoms with Gasteiger partial charge in [-0.15, -0.1) is 0 Å². The number of imide groups is 1. The van der Waals surface area contributed by atoms with Gasteiger partial charge in [0.2, 0.25) is 0 Å². The summed E-state index contributed by atoms with van der Waals surface area (Å²) in [6, 6.07) is 0. The second-order valence-electron chi connectivity index (χ2n) is 2.15. The number of hydrogen-bond donors (Lipinski definition) is 4. The minimum Gasteiger partial charge on any atom is -0.481 e. The van der Waals surface area contributed by atoms with Gasteiger partial charge in [-0.1, -0.05) is 0 Å². The van der Waals surface area contributed by atoms with Crippen molar-refractivity contribution in [3.63, 3.8) is 0 Å². The first-order valence-electron chi connectivity index (χ1n) is 3.88. The van der Waals surface area contributed by atoms with E-state index in [0.29, 0.717) is 0 Å². The van der Waals surface area contributed by atoms with Crippen molar-refractivity contribution < 1.29 is 29.7 Å². The van der Waals surface area contributed by atoms with Crippen molar-refractivity contribution >= 4 is 17.8 Å². The van der Waals surface area contributed by atoms with E-state index in [1.54, 1.807) is 0 Å². The second-order valence-corrected chi connectivity index (χ2v) is 2.15. The number of carbonyl (C=O) groups excluding carboxylic acids is 2. The molecule has 1 aliphatic heterocycles. The lowest BCUT2D eigenvalue weighted by Gasteiger charge is -1.80. The first-order valence-corrected chi connectivity index (χ1v) is 3.88. The average Bonchev–Trinajstić information content (AvgIpc) is 2.49. The molecule has 0 saturated carbocycles. The number of aliphatic hydroxyl groups is 2. The van der Waals surface area contributed by atoms with Crippen LogP contribution in [-0.2, 0) is 14.4 Å². The fourth-order valence-electron chi connectivity index (χ4n) is 0.356. The molecule has 0 bridgehead atoms. The molecule has 0 aliphatic carbocycles. The summed E-state index contributed by atoms with van der Waals surface area (Å²) in [4.78, 5) is 29.1. The van der Waals surface area contributed by atoms with Gasteiger partial charge in [0, 0.05) is 19.1 Å². The van der Waals surface area contributed by atoms with Gasteiger partial charge < -0.3 is 15.3 Å². The SMILES string of the molecule is CC(=O)O.O=C1C=CC(=O)N1.OCCO. The van der Waals surface area contributed by atoms with Gasteiger partial charge in [0.05, 0.1) is 13.2 Å². The molecule has 0 atom stereocenters. The average molecular weight is 219 g/mol. The Hall–Kier alpha value is -1.73. The molecule has 15 heavy (non-hydrogen) atoms. The maximum absolute atomic E-state index is 10.0. The summed E-state index contributed by atoms with van der Waals surface area (Å²) < 4.78 is 0. The molecule has 86 valence electrons. The molecule has 1 rings (SSSR count). The van der Waals surface area contributed by atoms with Crippen LogP contribution in [-0.4, -0.2) is 46.3 Å². The summed E-state index contributed by atoms with van der Waals surface area (Å²) in [7, 11) is 0. The van der Waals surface area contributed by atoms with Crippen LogP contribution in [0.15, 0.2) is 12.2 Å². The maximum Gasteiger partial charge on any atom is 0.300 e. The van der Waals surface area contributed by atoms with Crippen LogP contribution in [0.4, 0.5) is 0 Å². The van der Waals surface area contributed by atoms with Crippen LogP contribution in [0, 0.1) is 0 Å². The lowest BCUT2D eigenvalue weighted by molar-refractivity contribution is -0.134. The standard InChI is InChI=1S/C4H3NO2.C2H4O2.C2H6O2/c6-3-1-2-4(7)5-3;1-2(3)4;3-1-2-4/h1-2H,(H,5,6,7);1H3,(H,3,4);3-4H,1-2H2. The smallest absolute Gasteiger partial charge is 0.300 e. The van der Waals surface area contributed by atoms with E-state index in [4.69, 9.17) is 20.1 Å². The molecule has 0 saturated heterocycles. The fourth-order valence-corrected chi connectivity index (χ4v) is 0.356. The Kier molecular flexibility index (Phi) is 10.9. The molecule has 1 aliphatic rings. The van der Waals surface area contributed by atoms with Crippen molar-refractivity contribution in [1.29, 1.82) is 0 Å². The van der Waals surface area contributed by atoms with Crippen molar-refractivity contribution in [2.24, 2.45) is 0 Å². The molecular weight excluding hydrogens is 206 g/mol. The topological polar surface area (TPSA) is 124 Å². The summed E-state index contributed by atoms with van der Waals surface area (Å²) in [5, 5.41) is 24.7. The quantitative estimate of drug-likeness (QED) is 0.388. The molecule has 0 spiro atoms. The number of aliphatic hydroxyl groups excluding tert-OH is 2. The number of carboxylic acid groups (broad SMARTS) is 1. The Morgan fingerprint density at radius 3 is 1.53 bits per heavy atom. The summed E-state index contributed by atoms with van der Waals surface area (Å²) >= 11 is 0. The first-order chi connectivity index (χ1) is 6.93. The van der Waals surface area contributed by atoms with Crippen LogP contribution < -0.4 is 5.32 Å². The monoisotopic (exact) mass is 219 g/mol. The van der Waals surface area contributed by atoms with Gasteiger partial charge in [-0.2, -0.15) is 0 Å². The van der Waals surface area contributed by atoms with Gasteiger partial charge in [0.25, 0.3) is 17.8 Å². The zero-order chi connectivity index (χ0) is 12.3. The van der Waals surface area contributed by atoms with E-state index in [9.17, 15) is 9.59 Å². The van der Waals surface area contributed by atoms with Crippen LogP contribution in [0.5, 0.6) is 0 Å². The zero-order valence-electron chi connectivity index (χ0n) is 8.14. The highest BCUT2D eigenvalue weighted by atomic mass is 16.4. The molecule has 1 heterocycles. The van der Waals surface area contributed by atoms with Crippen LogP contribution in [0.3, 0.4) is 0 Å². The van der Waals surface area contributed by atoms with Crippen LogP contribution >= 0.6 is 0 Å². The molecule has 0 radical (unpaired) electrons. The number of rotatable bonds is 1. The molecule has 0 aromatic rings. The number of nitrogens with one attached hydrogen (secondary N) is 1. The Balaban J connectivity index is 0. The van der Waals surface area contributed by atoms with Gasteiger partial charge in [-0.25, -0.2) is 0 Å². The Bertz CT molecular complexity index is 226. The first kappa shape index (κ1) is 15.7. The number of aliphatic carboxylic acids is 1. The van der Waals surface area contributed by atoms with E-state index in [1.165, 1.54) is 12.2 Å². The van der Waals surface area contributed by atoms with Gasteiger partial charge in [0.1, 0.15) is 0 Å². The third-order valence-electron chi connectivity index (χ3n) is 0.732. The molecule has 7 nitrogen and oxygen atoms in total. The minimum atomic E-state index is -0.833. The third-order valence-corrected chi connectivity index (χ3v) is 0.732. The van der Waals surface area contributed by atoms with Gasteiger partial charge in [0.15, 0.2) is 0 Å². The molecule has 0 unspecified atom stereocenters. The molecule has 0 fully saturated rings. The van der Waals surface area contributed by atoms with Gasteiger partial charge in [-0.05, 0) is 0 Å². The van der Waals surface area contributed by atoms with Crippen molar-refractivity contribution in [2.75, 3.05) is 13.2 Å². The van der Waals surface area contributed by atoms with Crippen LogP contribution in [0.2, 0.25) is 0 Å². The molecule has 4 N–H and O–H groups in total. The molecule has 7 heteroatoms. The van der Waals surface area contributed by atoms with E-state index in [2.05, 4.69) is 0 Å². The van der Waals surface area contributed by atoms with Crippen LogP contribution in [0.25, 0.3) is 0 Å². The number of hydrogen-bond acceptors (Lipinski definition) is 5. The van der Waals surface area contributed by atoms with Gasteiger partial charge >= 0.3 is 0 Å².